The fraction of sp³-hybridized carbons (Fsp3) is 0.508. The molecule has 36 heteroatoms. The summed E-state index contributed by atoms with van der Waals surface area (Å²) >= 11 is 11.9. The van der Waals surface area contributed by atoms with Gasteiger partial charge in [0, 0.05) is 13.1 Å². The molecule has 0 bridgehead atoms. The first-order valence-corrected chi connectivity index (χ1v) is 31.3. The number of nitrogens with two attached hydrogens (primary N) is 4. The number of halogens is 2. The van der Waals surface area contributed by atoms with Gasteiger partial charge in [0.05, 0.1) is 40.6 Å². The van der Waals surface area contributed by atoms with Crippen LogP contribution in [0.1, 0.15) is 119 Å². The summed E-state index contributed by atoms with van der Waals surface area (Å²) in [5, 5.41) is 15.2. The van der Waals surface area contributed by atoms with Crippen LogP contribution in [0.4, 0.5) is 42.4 Å². The first-order chi connectivity index (χ1) is 46.0. The molecule has 2 aromatic carbocycles. The summed E-state index contributed by atoms with van der Waals surface area (Å²) in [6.07, 6.45) is 0.540. The molecule has 0 fully saturated rings. The monoisotopic (exact) mass is 1400 g/mol. The number of carbonyl (C=O) groups is 8. The number of aryl methyl sites for hydroxylation is 2. The molecule has 6 amide bonds. The van der Waals surface area contributed by atoms with E-state index < -0.39 is 71.4 Å². The summed E-state index contributed by atoms with van der Waals surface area (Å²) in [6.45, 7) is 11.1. The van der Waals surface area contributed by atoms with Crippen LogP contribution in [0.25, 0.3) is 0 Å². The highest BCUT2D eigenvalue weighted by Gasteiger charge is 2.27. The van der Waals surface area contributed by atoms with E-state index in [0.717, 1.165) is 38.2 Å². The SMILES string of the molecule is COC(=O)C(CCCC(NC(=O)OCCOCCOc1ccc(CCCCN/C(=N\C(=O)OC(C)(C)C)NC(=O)c2nc(Cl)c(N)nc2N)cc1)C(=O)OC)NC(=O)OCCOCCOc1ccc(CCCCN/C(=N\C(=O)OC(C)(C)C)NC(=O)c2nc(Cl)c(N)nc2N)cc1. The molecule has 0 saturated heterocycles. The molecule has 0 saturated carbocycles. The van der Waals surface area contributed by atoms with Gasteiger partial charge in [-0.2, -0.15) is 0 Å². The van der Waals surface area contributed by atoms with Crippen molar-refractivity contribution in [3.63, 3.8) is 0 Å². The number of hydrogen-bond donors (Lipinski definition) is 10. The Bertz CT molecular complexity index is 3100. The van der Waals surface area contributed by atoms with E-state index in [4.69, 9.17) is 93.5 Å². The van der Waals surface area contributed by atoms with E-state index >= 15 is 0 Å². The van der Waals surface area contributed by atoms with E-state index in [1.807, 2.05) is 48.5 Å². The zero-order chi connectivity index (χ0) is 71.5. The highest BCUT2D eigenvalue weighted by molar-refractivity contribution is 6.32. The normalized spacial score (nSPS) is 12.2. The minimum Gasteiger partial charge on any atom is -0.491 e. The molecule has 97 heavy (non-hydrogen) atoms. The lowest BCUT2D eigenvalue weighted by Gasteiger charge is -2.19. The Morgan fingerprint density at radius 1 is 0.485 bits per heavy atom. The van der Waals surface area contributed by atoms with Crippen LogP contribution in [0, 0.1) is 0 Å². The number of alkyl carbamates (subject to hydrolysis) is 2. The number of esters is 2. The van der Waals surface area contributed by atoms with Gasteiger partial charge < -0.3 is 91.6 Å². The first-order valence-electron chi connectivity index (χ1n) is 30.5. The van der Waals surface area contributed by atoms with Crippen molar-refractivity contribution in [2.45, 2.75) is 123 Å². The Balaban J connectivity index is 1.05. The molecule has 4 rings (SSSR count). The lowest BCUT2D eigenvalue weighted by Crippen LogP contribution is -2.44. The zero-order valence-electron chi connectivity index (χ0n) is 55.3. The van der Waals surface area contributed by atoms with Crippen molar-refractivity contribution in [3.05, 3.63) is 81.4 Å². The summed E-state index contributed by atoms with van der Waals surface area (Å²) in [5.74, 6) is -3.22. The van der Waals surface area contributed by atoms with E-state index in [9.17, 15) is 38.4 Å². The highest BCUT2D eigenvalue weighted by Crippen LogP contribution is 2.21. The summed E-state index contributed by atoms with van der Waals surface area (Å²) in [6, 6.07) is 12.6. The van der Waals surface area contributed by atoms with Crippen LogP contribution in [-0.4, -0.2) is 183 Å². The molecule has 4 aromatic rings. The van der Waals surface area contributed by atoms with Crippen LogP contribution >= 0.6 is 23.2 Å². The maximum atomic E-state index is 13.0. The standard InChI is InChI=1S/C61H86Cl2N16O18/c1-60(2,3)96-58(86)78-54(76-50(80)42-46(64)74-48(66)44(62)72-42)68-26-11-9-14-36-18-22-38(23-19-36)92-32-28-90-30-34-94-56(84)70-40(52(82)88-7)16-13-17-41(53(83)89-8)71-57(85)95-35-31-91-29-33-93-39-24-20-37(21-25-39)15-10-12-27-69-55(79-59(87)97-61(4,5)6)77-51(81)43-47(65)75-49(67)45(63)73-43/h18-25,40-41H,9-17,26-35H2,1-8H3,(H,70,84)(H,71,85)(H4,64,66,74)(H4,65,67,75)(H2,68,76,78,80,86)(H2,69,77,79,81,87). The summed E-state index contributed by atoms with van der Waals surface area (Å²) in [5.41, 5.74) is 22.6. The van der Waals surface area contributed by atoms with Gasteiger partial charge in [-0.25, -0.2) is 48.7 Å². The highest BCUT2D eigenvalue weighted by atomic mass is 35.5. The lowest BCUT2D eigenvalue weighted by molar-refractivity contribution is -0.143. The number of methoxy groups -OCH3 is 2. The zero-order valence-corrected chi connectivity index (χ0v) is 56.8. The van der Waals surface area contributed by atoms with Gasteiger partial charge in [-0.05, 0) is 135 Å². The number of nitrogens with zero attached hydrogens (tertiary/aromatic N) is 6. The number of amides is 6. The third-order valence-electron chi connectivity index (χ3n) is 12.6. The minimum atomic E-state index is -1.15. The van der Waals surface area contributed by atoms with Gasteiger partial charge in [-0.1, -0.05) is 47.5 Å². The molecule has 2 heterocycles. The van der Waals surface area contributed by atoms with Crippen LogP contribution in [-0.2, 0) is 60.3 Å². The molecular formula is C61H86Cl2N16O18. The van der Waals surface area contributed by atoms with E-state index in [1.54, 1.807) is 41.5 Å². The molecule has 2 unspecified atom stereocenters. The van der Waals surface area contributed by atoms with Crippen LogP contribution in [0.3, 0.4) is 0 Å². The molecule has 14 N–H and O–H groups in total. The van der Waals surface area contributed by atoms with Gasteiger partial charge in [0.2, 0.25) is 11.9 Å². The minimum absolute atomic E-state index is 0.00692. The fourth-order valence-corrected chi connectivity index (χ4v) is 8.31. The Kier molecular flexibility index (Phi) is 33.8. The number of guanidine groups is 2. The van der Waals surface area contributed by atoms with Crippen molar-refractivity contribution >= 4 is 107 Å². The second-order valence-electron chi connectivity index (χ2n) is 22.7. The predicted molar refractivity (Wildman–Crippen MR) is 356 cm³/mol. The number of aliphatic imine (C=N–C) groups is 2. The average molecular weight is 1400 g/mol. The van der Waals surface area contributed by atoms with Crippen LogP contribution in [0.15, 0.2) is 58.5 Å². The van der Waals surface area contributed by atoms with E-state index in [1.165, 1.54) is 0 Å². The molecule has 0 radical (unpaired) electrons. The Hall–Kier alpha value is -9.80. The Morgan fingerprint density at radius 3 is 1.20 bits per heavy atom. The fourth-order valence-electron chi connectivity index (χ4n) is 8.06. The average Bonchev–Trinajstić information content (AvgIpc) is 0.901. The Labute approximate surface area is 570 Å². The lowest BCUT2D eigenvalue weighted by atomic mass is 10.1. The third-order valence-corrected chi connectivity index (χ3v) is 13.1. The van der Waals surface area contributed by atoms with Crippen molar-refractivity contribution in [3.8, 4) is 11.5 Å². The number of anilines is 4. The molecule has 2 atom stereocenters. The van der Waals surface area contributed by atoms with Crippen LogP contribution in [0.2, 0.25) is 10.3 Å². The number of benzene rings is 2. The number of hydrogen-bond acceptors (Lipinski definition) is 26. The molecule has 0 spiro atoms. The molecule has 0 aliphatic rings. The number of aromatic nitrogens is 4. The number of carbonyl (C=O) groups excluding carboxylic acids is 8. The second kappa shape index (κ2) is 41.2. The van der Waals surface area contributed by atoms with Gasteiger partial charge in [-0.15, -0.1) is 9.98 Å². The van der Waals surface area contributed by atoms with Gasteiger partial charge in [0.25, 0.3) is 11.8 Å². The number of unbranched alkanes of at least 4 members (excludes halogenated alkanes) is 2. The summed E-state index contributed by atoms with van der Waals surface area (Å²) < 4.78 is 53.2. The largest absolute Gasteiger partial charge is 0.491 e. The predicted octanol–water partition coefficient (Wildman–Crippen LogP) is 5.37. The topological polar surface area (TPSA) is 481 Å². The molecule has 532 valence electrons. The van der Waals surface area contributed by atoms with E-state index in [-0.39, 0.29) is 129 Å². The first kappa shape index (κ1) is 79.6. The van der Waals surface area contributed by atoms with Gasteiger partial charge in [0.15, 0.2) is 45.0 Å². The van der Waals surface area contributed by atoms with Crippen LogP contribution < -0.4 is 64.3 Å². The maximum absolute atomic E-state index is 13.0. The maximum Gasteiger partial charge on any atom is 0.437 e. The van der Waals surface area contributed by atoms with Crippen molar-refractivity contribution in [1.29, 1.82) is 0 Å². The van der Waals surface area contributed by atoms with Crippen molar-refractivity contribution in [2.75, 3.05) is 103 Å². The van der Waals surface area contributed by atoms with Gasteiger partial charge >= 0.3 is 36.3 Å². The van der Waals surface area contributed by atoms with E-state index in [2.05, 4.69) is 61.8 Å². The van der Waals surface area contributed by atoms with Crippen molar-refractivity contribution < 1.29 is 85.7 Å². The molecule has 2 aromatic heterocycles. The molecule has 0 aliphatic heterocycles. The van der Waals surface area contributed by atoms with Gasteiger partial charge in [0.1, 0.15) is 61.2 Å². The summed E-state index contributed by atoms with van der Waals surface area (Å²) in [7, 11) is 2.30. The molecular weight excluding hydrogens is 1320 g/mol. The Morgan fingerprint density at radius 2 is 0.845 bits per heavy atom. The number of nitrogen functional groups attached to an aromatic ring is 4. The van der Waals surface area contributed by atoms with E-state index in [0.29, 0.717) is 50.3 Å². The summed E-state index contributed by atoms with van der Waals surface area (Å²) in [4.78, 5) is 124. The van der Waals surface area contributed by atoms with Crippen molar-refractivity contribution in [2.24, 2.45) is 9.98 Å². The number of ether oxygens (including phenoxy) is 10. The smallest absolute Gasteiger partial charge is 0.437 e. The van der Waals surface area contributed by atoms with Crippen LogP contribution in [0.5, 0.6) is 11.5 Å². The second-order valence-corrected chi connectivity index (χ2v) is 23.4. The quantitative estimate of drug-likeness (QED) is 0.00924. The molecule has 34 nitrogen and oxygen atoms in total. The number of rotatable bonds is 34. The van der Waals surface area contributed by atoms with Crippen molar-refractivity contribution in [1.82, 2.24) is 51.8 Å². The molecule has 0 aliphatic carbocycles. The number of nitrogens with one attached hydrogen (secondary N) is 6. The van der Waals surface area contributed by atoms with Gasteiger partial charge in [-0.3, -0.25) is 20.2 Å². The third kappa shape index (κ3) is 32.0.